The minimum absolute atomic E-state index is 0.196. The second-order valence-electron chi connectivity index (χ2n) is 6.37. The van der Waals surface area contributed by atoms with E-state index in [1.165, 1.54) is 64.2 Å². The van der Waals surface area contributed by atoms with Gasteiger partial charge in [-0.1, -0.05) is 96.4 Å². The van der Waals surface area contributed by atoms with Crippen LogP contribution >= 0.6 is 0 Å². The molecule has 0 fully saturated rings. The second-order valence-corrected chi connectivity index (χ2v) is 6.37. The van der Waals surface area contributed by atoms with Crippen LogP contribution in [0.2, 0.25) is 0 Å². The third-order valence-corrected chi connectivity index (χ3v) is 4.06. The van der Waals surface area contributed by atoms with Crippen LogP contribution in [-0.4, -0.2) is 12.7 Å². The molecule has 0 aliphatic rings. The second kappa shape index (κ2) is 18.9. The number of unbranched alkanes of at least 4 members (excludes halogenated alkanes) is 9. The molecule has 0 aliphatic heterocycles. The fourth-order valence-electron chi connectivity index (χ4n) is 2.50. The van der Waals surface area contributed by atoms with Gasteiger partial charge >= 0.3 is 0 Å². The van der Waals surface area contributed by atoms with Crippen LogP contribution in [0.25, 0.3) is 0 Å². The van der Waals surface area contributed by atoms with Gasteiger partial charge in [0.15, 0.2) is 0 Å². The standard InChI is InChI=1S/C19H40O3/c1-4-7-10-11-12-13-14-15-17-19(16-8-5-2)21-22-20-18-9-6-3/h19H,4-18H2,1-3H3. The third kappa shape index (κ3) is 16.3. The maximum Gasteiger partial charge on any atom is 0.0961 e. The van der Waals surface area contributed by atoms with Crippen LogP contribution < -0.4 is 0 Å². The van der Waals surface area contributed by atoms with E-state index >= 15 is 0 Å². The summed E-state index contributed by atoms with van der Waals surface area (Å²) in [6.45, 7) is 7.24. The number of rotatable bonds is 18. The van der Waals surface area contributed by atoms with Gasteiger partial charge in [0.2, 0.25) is 0 Å². The van der Waals surface area contributed by atoms with E-state index in [9.17, 15) is 0 Å². The van der Waals surface area contributed by atoms with Gasteiger partial charge in [0.25, 0.3) is 0 Å². The fourth-order valence-corrected chi connectivity index (χ4v) is 2.50. The Kier molecular flexibility index (Phi) is 18.8. The van der Waals surface area contributed by atoms with Crippen LogP contribution in [-0.2, 0) is 14.8 Å². The van der Waals surface area contributed by atoms with E-state index in [-0.39, 0.29) is 6.10 Å². The Morgan fingerprint density at radius 1 is 0.591 bits per heavy atom. The first kappa shape index (κ1) is 21.9. The molecule has 0 rings (SSSR count). The van der Waals surface area contributed by atoms with Crippen molar-refractivity contribution < 1.29 is 14.8 Å². The van der Waals surface area contributed by atoms with Gasteiger partial charge in [0.05, 0.1) is 12.7 Å². The minimum Gasteiger partial charge on any atom is -0.206 e. The van der Waals surface area contributed by atoms with Gasteiger partial charge in [-0.15, -0.1) is 0 Å². The van der Waals surface area contributed by atoms with Crippen LogP contribution in [0.5, 0.6) is 0 Å². The van der Waals surface area contributed by atoms with Gasteiger partial charge in [-0.2, -0.15) is 0 Å². The molecule has 0 N–H and O–H groups in total. The molecular weight excluding hydrogens is 276 g/mol. The van der Waals surface area contributed by atoms with Crippen molar-refractivity contribution >= 4 is 0 Å². The summed E-state index contributed by atoms with van der Waals surface area (Å²) in [5.74, 6) is 0. The average molecular weight is 317 g/mol. The summed E-state index contributed by atoms with van der Waals surface area (Å²) in [5, 5.41) is 4.92. The first-order chi connectivity index (χ1) is 10.8. The molecule has 0 aromatic heterocycles. The molecular formula is C19H40O3. The van der Waals surface area contributed by atoms with Gasteiger partial charge in [-0.3, -0.25) is 0 Å². The Hall–Kier alpha value is -0.120. The van der Waals surface area contributed by atoms with Crippen LogP contribution in [0.4, 0.5) is 0 Å². The predicted octanol–water partition coefficient (Wildman–Crippen LogP) is 6.76. The molecule has 0 spiro atoms. The highest BCUT2D eigenvalue weighted by molar-refractivity contribution is 4.57. The molecule has 3 nitrogen and oxygen atoms in total. The largest absolute Gasteiger partial charge is 0.206 e. The Labute approximate surface area is 139 Å². The zero-order valence-electron chi connectivity index (χ0n) is 15.4. The van der Waals surface area contributed by atoms with Gasteiger partial charge in [-0.25, -0.2) is 9.78 Å². The van der Waals surface area contributed by atoms with Crippen molar-refractivity contribution in [1.82, 2.24) is 0 Å². The normalized spacial score (nSPS) is 12.7. The average Bonchev–Trinajstić information content (AvgIpc) is 2.54. The molecule has 0 heterocycles. The Morgan fingerprint density at radius 2 is 1.14 bits per heavy atom. The minimum atomic E-state index is 0.196. The van der Waals surface area contributed by atoms with Crippen LogP contribution in [0.1, 0.15) is 111 Å². The highest BCUT2D eigenvalue weighted by Gasteiger charge is 2.10. The molecule has 0 aromatic carbocycles. The molecule has 0 saturated heterocycles. The third-order valence-electron chi connectivity index (χ3n) is 4.06. The van der Waals surface area contributed by atoms with Gasteiger partial charge < -0.3 is 0 Å². The zero-order valence-corrected chi connectivity index (χ0v) is 15.4. The summed E-state index contributed by atoms with van der Waals surface area (Å²) in [5.41, 5.74) is 0. The molecule has 3 heteroatoms. The molecule has 1 unspecified atom stereocenters. The van der Waals surface area contributed by atoms with Crippen molar-refractivity contribution in [3.05, 3.63) is 0 Å². The lowest BCUT2D eigenvalue weighted by Crippen LogP contribution is -2.14. The molecule has 0 aliphatic carbocycles. The van der Waals surface area contributed by atoms with Crippen molar-refractivity contribution in [1.29, 1.82) is 0 Å². The summed E-state index contributed by atoms with van der Waals surface area (Å²) < 4.78 is 0. The Balaban J connectivity index is 3.53. The summed E-state index contributed by atoms with van der Waals surface area (Å²) >= 11 is 0. The van der Waals surface area contributed by atoms with Crippen molar-refractivity contribution in [2.24, 2.45) is 0 Å². The molecule has 1 atom stereocenters. The Bertz CT molecular complexity index is 197. The van der Waals surface area contributed by atoms with Crippen LogP contribution in [0.15, 0.2) is 0 Å². The molecule has 134 valence electrons. The van der Waals surface area contributed by atoms with Gasteiger partial charge in [0.1, 0.15) is 0 Å². The number of hydrogen-bond acceptors (Lipinski definition) is 3. The van der Waals surface area contributed by atoms with Crippen LogP contribution in [0, 0.1) is 0 Å². The monoisotopic (exact) mass is 316 g/mol. The van der Waals surface area contributed by atoms with Crippen molar-refractivity contribution in [3.8, 4) is 0 Å². The lowest BCUT2D eigenvalue weighted by Gasteiger charge is -2.15. The zero-order chi connectivity index (χ0) is 16.3. The maximum absolute atomic E-state index is 5.43. The lowest BCUT2D eigenvalue weighted by atomic mass is 10.0. The Morgan fingerprint density at radius 3 is 1.77 bits per heavy atom. The van der Waals surface area contributed by atoms with E-state index in [1.54, 1.807) is 0 Å². The van der Waals surface area contributed by atoms with E-state index in [0.29, 0.717) is 6.61 Å². The van der Waals surface area contributed by atoms with Crippen molar-refractivity contribution in [2.45, 2.75) is 117 Å². The van der Waals surface area contributed by atoms with Crippen molar-refractivity contribution in [3.63, 3.8) is 0 Å². The van der Waals surface area contributed by atoms with E-state index in [1.807, 2.05) is 0 Å². The molecule has 22 heavy (non-hydrogen) atoms. The van der Waals surface area contributed by atoms with E-state index in [4.69, 9.17) is 14.8 Å². The first-order valence-electron chi connectivity index (χ1n) is 9.80. The summed E-state index contributed by atoms with van der Waals surface area (Å²) in [4.78, 5) is 10.5. The topological polar surface area (TPSA) is 27.7 Å². The van der Waals surface area contributed by atoms with Gasteiger partial charge in [0, 0.05) is 0 Å². The molecule has 0 aromatic rings. The first-order valence-corrected chi connectivity index (χ1v) is 9.80. The quantitative estimate of drug-likeness (QED) is 0.159. The van der Waals surface area contributed by atoms with Crippen LogP contribution in [0.3, 0.4) is 0 Å². The SMILES string of the molecule is CCCCCCCCCCC(CCCC)OOOCCCC. The molecule has 0 bridgehead atoms. The highest BCUT2D eigenvalue weighted by Crippen LogP contribution is 2.16. The van der Waals surface area contributed by atoms with E-state index < -0.39 is 0 Å². The molecule has 0 saturated carbocycles. The van der Waals surface area contributed by atoms with Gasteiger partial charge in [-0.05, 0) is 19.3 Å². The molecule has 0 amide bonds. The fraction of sp³-hybridized carbons (Fsp3) is 1.00. The van der Waals surface area contributed by atoms with E-state index in [2.05, 4.69) is 20.8 Å². The van der Waals surface area contributed by atoms with Crippen molar-refractivity contribution in [2.75, 3.05) is 6.61 Å². The number of hydrogen-bond donors (Lipinski definition) is 0. The van der Waals surface area contributed by atoms with E-state index in [0.717, 1.165) is 25.7 Å². The summed E-state index contributed by atoms with van der Waals surface area (Å²) in [6.07, 6.45) is 17.7. The molecule has 0 radical (unpaired) electrons. The summed E-state index contributed by atoms with van der Waals surface area (Å²) in [6, 6.07) is 0. The maximum atomic E-state index is 5.43. The highest BCUT2D eigenvalue weighted by atomic mass is 17.5. The lowest BCUT2D eigenvalue weighted by molar-refractivity contribution is -0.527. The smallest absolute Gasteiger partial charge is 0.0961 e. The predicted molar refractivity (Wildman–Crippen MR) is 93.6 cm³/mol. The summed E-state index contributed by atoms with van der Waals surface area (Å²) in [7, 11) is 0.